The minimum absolute atomic E-state index is 0.0598. The van der Waals surface area contributed by atoms with Crippen molar-refractivity contribution in [3.05, 3.63) is 50.8 Å². The fourth-order valence-corrected chi connectivity index (χ4v) is 1.96. The Morgan fingerprint density at radius 2 is 1.95 bits per heavy atom. The average Bonchev–Trinajstić information content (AvgIpc) is 2.39. The van der Waals surface area contributed by atoms with E-state index in [0.29, 0.717) is 0 Å². The molecule has 8 nitrogen and oxygen atoms in total. The fraction of sp³-hybridized carbons (Fsp3) is 0.154. The first-order valence-electron chi connectivity index (χ1n) is 6.22. The summed E-state index contributed by atoms with van der Waals surface area (Å²) in [6.07, 6.45) is 0. The molecule has 2 rings (SSSR count). The van der Waals surface area contributed by atoms with Gasteiger partial charge in [-0.15, -0.1) is 0 Å². The predicted octanol–water partition coefficient (Wildman–Crippen LogP) is 2.71. The zero-order chi connectivity index (χ0) is 16.3. The van der Waals surface area contributed by atoms with Crippen LogP contribution >= 0.6 is 11.6 Å². The molecule has 0 aliphatic heterocycles. The number of nitrogens with zero attached hydrogens (tertiary/aromatic N) is 4. The van der Waals surface area contributed by atoms with E-state index in [-0.39, 0.29) is 28.3 Å². The van der Waals surface area contributed by atoms with Gasteiger partial charge < -0.3 is 11.1 Å². The molecular weight excluding hydrogens is 308 g/mol. The first kappa shape index (κ1) is 15.6. The maximum absolute atomic E-state index is 11.0. The van der Waals surface area contributed by atoms with E-state index in [2.05, 4.69) is 20.3 Å². The van der Waals surface area contributed by atoms with Crippen molar-refractivity contribution in [2.45, 2.75) is 13.8 Å². The minimum Gasteiger partial charge on any atom is -0.369 e. The third-order valence-electron chi connectivity index (χ3n) is 2.61. The van der Waals surface area contributed by atoms with Crippen LogP contribution in [0.25, 0.3) is 0 Å². The van der Waals surface area contributed by atoms with E-state index in [0.717, 1.165) is 11.4 Å². The van der Waals surface area contributed by atoms with Crippen LogP contribution in [0.5, 0.6) is 0 Å². The molecule has 22 heavy (non-hydrogen) atoms. The monoisotopic (exact) mass is 320 g/mol. The SMILES string of the molecule is Cc1cc(C)nc(/N=C(/N)Nc2ccc(Cl)cc2[N+](=O)[O-])n1. The third-order valence-corrected chi connectivity index (χ3v) is 2.85. The summed E-state index contributed by atoms with van der Waals surface area (Å²) in [4.78, 5) is 22.7. The van der Waals surface area contributed by atoms with Crippen LogP contribution in [0.15, 0.2) is 29.3 Å². The first-order valence-corrected chi connectivity index (χ1v) is 6.60. The molecular formula is C13H13ClN6O2. The van der Waals surface area contributed by atoms with Crippen molar-refractivity contribution in [1.29, 1.82) is 0 Å². The van der Waals surface area contributed by atoms with Crippen LogP contribution in [0, 0.1) is 24.0 Å². The summed E-state index contributed by atoms with van der Waals surface area (Å²) in [7, 11) is 0. The lowest BCUT2D eigenvalue weighted by Crippen LogP contribution is -2.22. The van der Waals surface area contributed by atoms with Gasteiger partial charge in [0, 0.05) is 22.5 Å². The summed E-state index contributed by atoms with van der Waals surface area (Å²) in [6, 6.07) is 5.99. The third kappa shape index (κ3) is 3.89. The van der Waals surface area contributed by atoms with Gasteiger partial charge in [0.15, 0.2) is 0 Å². The van der Waals surface area contributed by atoms with Crippen LogP contribution in [0.4, 0.5) is 17.3 Å². The number of rotatable bonds is 3. The maximum Gasteiger partial charge on any atom is 0.294 e. The van der Waals surface area contributed by atoms with E-state index in [4.69, 9.17) is 17.3 Å². The van der Waals surface area contributed by atoms with Crippen LogP contribution in [0.1, 0.15) is 11.4 Å². The van der Waals surface area contributed by atoms with Gasteiger partial charge in [-0.3, -0.25) is 10.1 Å². The Kier molecular flexibility index (Phi) is 4.52. The van der Waals surface area contributed by atoms with Gasteiger partial charge in [0.1, 0.15) is 5.69 Å². The van der Waals surface area contributed by atoms with E-state index >= 15 is 0 Å². The Balaban J connectivity index is 2.30. The molecule has 1 aromatic carbocycles. The molecule has 2 aromatic rings. The number of aryl methyl sites for hydroxylation is 2. The molecule has 1 heterocycles. The number of guanidine groups is 1. The van der Waals surface area contributed by atoms with Crippen molar-refractivity contribution in [2.24, 2.45) is 10.7 Å². The number of benzene rings is 1. The van der Waals surface area contributed by atoms with E-state index in [1.54, 1.807) is 19.9 Å². The molecule has 0 fully saturated rings. The van der Waals surface area contributed by atoms with Crippen molar-refractivity contribution in [3.8, 4) is 0 Å². The summed E-state index contributed by atoms with van der Waals surface area (Å²) >= 11 is 5.75. The minimum atomic E-state index is -0.561. The number of nitrogens with one attached hydrogen (secondary N) is 1. The number of hydrogen-bond acceptors (Lipinski definition) is 5. The second-order valence-electron chi connectivity index (χ2n) is 4.49. The molecule has 0 spiro atoms. The number of nitrogens with two attached hydrogens (primary N) is 1. The van der Waals surface area contributed by atoms with Crippen LogP contribution in [-0.2, 0) is 0 Å². The molecule has 1 aromatic heterocycles. The van der Waals surface area contributed by atoms with Gasteiger partial charge >= 0.3 is 0 Å². The normalized spacial score (nSPS) is 11.3. The maximum atomic E-state index is 11.0. The van der Waals surface area contributed by atoms with Gasteiger partial charge in [0.05, 0.1) is 4.92 Å². The van der Waals surface area contributed by atoms with Gasteiger partial charge in [0.2, 0.25) is 5.96 Å². The van der Waals surface area contributed by atoms with Gasteiger partial charge in [-0.2, -0.15) is 4.99 Å². The van der Waals surface area contributed by atoms with Crippen molar-refractivity contribution in [2.75, 3.05) is 5.32 Å². The highest BCUT2D eigenvalue weighted by Crippen LogP contribution is 2.27. The zero-order valence-corrected chi connectivity index (χ0v) is 12.6. The lowest BCUT2D eigenvalue weighted by molar-refractivity contribution is -0.383. The zero-order valence-electron chi connectivity index (χ0n) is 11.9. The Morgan fingerprint density at radius 3 is 2.55 bits per heavy atom. The lowest BCUT2D eigenvalue weighted by atomic mass is 10.2. The number of nitro groups is 1. The quantitative estimate of drug-likeness (QED) is 0.388. The summed E-state index contributed by atoms with van der Waals surface area (Å²) in [5.41, 5.74) is 7.22. The Labute approximate surface area is 131 Å². The van der Waals surface area contributed by atoms with E-state index in [1.807, 2.05) is 0 Å². The van der Waals surface area contributed by atoms with E-state index in [9.17, 15) is 10.1 Å². The summed E-state index contributed by atoms with van der Waals surface area (Å²) < 4.78 is 0. The molecule has 0 atom stereocenters. The van der Waals surface area contributed by atoms with Gasteiger partial charge in [-0.25, -0.2) is 9.97 Å². The first-order chi connectivity index (χ1) is 10.3. The summed E-state index contributed by atoms with van der Waals surface area (Å²) in [6.45, 7) is 3.61. The lowest BCUT2D eigenvalue weighted by Gasteiger charge is -2.06. The number of aliphatic imine (C=N–C) groups is 1. The number of halogens is 1. The van der Waals surface area contributed by atoms with E-state index in [1.165, 1.54) is 18.2 Å². The Bertz CT molecular complexity index is 742. The Morgan fingerprint density at radius 1 is 1.32 bits per heavy atom. The molecule has 9 heteroatoms. The number of nitro benzene ring substituents is 1. The predicted molar refractivity (Wildman–Crippen MR) is 84.5 cm³/mol. The number of hydrogen-bond donors (Lipinski definition) is 2. The molecule has 114 valence electrons. The average molecular weight is 321 g/mol. The van der Waals surface area contributed by atoms with Crippen molar-refractivity contribution < 1.29 is 4.92 Å². The standard InChI is InChI=1S/C13H13ClN6O2/c1-7-5-8(2)17-13(16-7)19-12(15)18-10-4-3-9(14)6-11(10)20(21)22/h3-6H,1-2H3,(H3,15,16,17,18,19). The molecule has 0 aliphatic carbocycles. The van der Waals surface area contributed by atoms with E-state index < -0.39 is 4.92 Å². The highest BCUT2D eigenvalue weighted by atomic mass is 35.5. The summed E-state index contributed by atoms with van der Waals surface area (Å²) in [5, 5.41) is 13.9. The molecule has 0 saturated carbocycles. The second kappa shape index (κ2) is 6.35. The summed E-state index contributed by atoms with van der Waals surface area (Å²) in [5.74, 6) is 0.120. The molecule has 0 aliphatic rings. The largest absolute Gasteiger partial charge is 0.369 e. The van der Waals surface area contributed by atoms with Crippen LogP contribution in [0.3, 0.4) is 0 Å². The smallest absolute Gasteiger partial charge is 0.294 e. The van der Waals surface area contributed by atoms with Crippen LogP contribution in [0.2, 0.25) is 5.02 Å². The number of aromatic nitrogens is 2. The van der Waals surface area contributed by atoms with Crippen molar-refractivity contribution >= 4 is 34.9 Å². The van der Waals surface area contributed by atoms with Gasteiger partial charge in [0.25, 0.3) is 11.6 Å². The highest BCUT2D eigenvalue weighted by molar-refractivity contribution is 6.31. The highest BCUT2D eigenvalue weighted by Gasteiger charge is 2.15. The van der Waals surface area contributed by atoms with Gasteiger partial charge in [-0.05, 0) is 32.0 Å². The molecule has 0 amide bonds. The van der Waals surface area contributed by atoms with Crippen LogP contribution < -0.4 is 11.1 Å². The van der Waals surface area contributed by atoms with Crippen LogP contribution in [-0.4, -0.2) is 20.9 Å². The van der Waals surface area contributed by atoms with Crippen molar-refractivity contribution in [1.82, 2.24) is 9.97 Å². The molecule has 0 bridgehead atoms. The molecule has 0 radical (unpaired) electrons. The fourth-order valence-electron chi connectivity index (χ4n) is 1.79. The molecule has 3 N–H and O–H groups in total. The molecule has 0 saturated heterocycles. The second-order valence-corrected chi connectivity index (χ2v) is 4.93. The van der Waals surface area contributed by atoms with Gasteiger partial charge in [-0.1, -0.05) is 11.6 Å². The molecule has 0 unspecified atom stereocenters. The van der Waals surface area contributed by atoms with Crippen molar-refractivity contribution in [3.63, 3.8) is 0 Å². The topological polar surface area (TPSA) is 119 Å². The number of anilines is 1. The Hall–Kier alpha value is -2.74.